The van der Waals surface area contributed by atoms with E-state index < -0.39 is 5.82 Å². The van der Waals surface area contributed by atoms with Crippen molar-refractivity contribution in [2.45, 2.75) is 45.8 Å². The van der Waals surface area contributed by atoms with Gasteiger partial charge in [-0.25, -0.2) is 9.37 Å². The van der Waals surface area contributed by atoms with Crippen LogP contribution in [0.25, 0.3) is 32.9 Å². The molecule has 2 aliphatic heterocycles. The molecular weight excluding hydrogens is 531 g/mol. The molecule has 2 aromatic carbocycles. The molecular formula is C29H34ClFN8O. The number of benzene rings is 2. The summed E-state index contributed by atoms with van der Waals surface area (Å²) in [5, 5.41) is 8.80. The van der Waals surface area contributed by atoms with E-state index in [9.17, 15) is 4.79 Å². The molecule has 210 valence electrons. The molecule has 0 spiro atoms. The van der Waals surface area contributed by atoms with E-state index in [4.69, 9.17) is 21.6 Å². The van der Waals surface area contributed by atoms with Gasteiger partial charge >= 0.3 is 0 Å². The van der Waals surface area contributed by atoms with E-state index >= 15 is 4.39 Å². The Morgan fingerprint density at radius 1 is 1.07 bits per heavy atom. The number of nitrogens with one attached hydrogen (secondary N) is 1. The fourth-order valence-corrected chi connectivity index (χ4v) is 6.31. The van der Waals surface area contributed by atoms with Crippen molar-refractivity contribution in [1.29, 1.82) is 0 Å². The minimum absolute atomic E-state index is 0.0229. The molecule has 2 aromatic heterocycles. The second kappa shape index (κ2) is 9.85. The standard InChI is InChI=1S/C29H34ClFN8O/c1-15-7-8-23-21(10-32-35-23)24(15)25-22(30)9-20-27(26(25)31)33-29(37-13-19(14-37)36(5)6)34-28(20)39-12-16(2)38(18(4)40)11-17(39)3/h7-10,16-17,19H,11-14H2,1-6H3,(H,32,35)/t16-,17+/m1/s1. The number of piperazine rings is 1. The summed E-state index contributed by atoms with van der Waals surface area (Å²) in [6, 6.07) is 5.99. The quantitative estimate of drug-likeness (QED) is 0.391. The Bertz CT molecular complexity index is 1630. The number of carbonyl (C=O) groups excluding carboxylic acids is 1. The third-order valence-corrected chi connectivity index (χ3v) is 8.77. The fourth-order valence-electron chi connectivity index (χ4n) is 6.02. The highest BCUT2D eigenvalue weighted by Crippen LogP contribution is 2.43. The monoisotopic (exact) mass is 564 g/mol. The average molecular weight is 565 g/mol. The molecule has 4 aromatic rings. The molecule has 2 fully saturated rings. The molecule has 6 rings (SSSR count). The first kappa shape index (κ1) is 26.7. The van der Waals surface area contributed by atoms with Crippen LogP contribution in [0.1, 0.15) is 26.3 Å². The van der Waals surface area contributed by atoms with Gasteiger partial charge in [0.25, 0.3) is 0 Å². The van der Waals surface area contributed by atoms with Crippen molar-refractivity contribution in [1.82, 2.24) is 30.0 Å². The summed E-state index contributed by atoms with van der Waals surface area (Å²) < 4.78 is 16.8. The predicted molar refractivity (Wildman–Crippen MR) is 158 cm³/mol. The Labute approximate surface area is 237 Å². The molecule has 11 heteroatoms. The molecule has 40 heavy (non-hydrogen) atoms. The molecule has 0 saturated carbocycles. The van der Waals surface area contributed by atoms with Gasteiger partial charge in [-0.2, -0.15) is 10.1 Å². The number of anilines is 2. The van der Waals surface area contributed by atoms with Crippen molar-refractivity contribution < 1.29 is 9.18 Å². The Kier molecular flexibility index (Phi) is 6.58. The van der Waals surface area contributed by atoms with Gasteiger partial charge in [-0.05, 0) is 52.6 Å². The summed E-state index contributed by atoms with van der Waals surface area (Å²) in [6.07, 6.45) is 1.70. The van der Waals surface area contributed by atoms with Gasteiger partial charge in [0.1, 0.15) is 11.3 Å². The smallest absolute Gasteiger partial charge is 0.228 e. The van der Waals surface area contributed by atoms with Crippen LogP contribution < -0.4 is 9.80 Å². The number of halogens is 2. The topological polar surface area (TPSA) is 84.5 Å². The number of rotatable bonds is 4. The predicted octanol–water partition coefficient (Wildman–Crippen LogP) is 4.47. The van der Waals surface area contributed by atoms with Crippen LogP contribution in [0.3, 0.4) is 0 Å². The van der Waals surface area contributed by atoms with Crippen LogP contribution in [0.15, 0.2) is 24.4 Å². The first-order valence-electron chi connectivity index (χ1n) is 13.6. The van der Waals surface area contributed by atoms with Crippen molar-refractivity contribution in [3.63, 3.8) is 0 Å². The molecule has 0 aliphatic carbocycles. The zero-order chi connectivity index (χ0) is 28.5. The molecule has 9 nitrogen and oxygen atoms in total. The maximum atomic E-state index is 16.8. The van der Waals surface area contributed by atoms with Crippen LogP contribution in [-0.4, -0.2) is 94.3 Å². The third-order valence-electron chi connectivity index (χ3n) is 8.47. The number of hydrogen-bond acceptors (Lipinski definition) is 7. The van der Waals surface area contributed by atoms with Crippen molar-refractivity contribution in [2.75, 3.05) is 50.1 Å². The maximum Gasteiger partial charge on any atom is 0.228 e. The normalized spacial score (nSPS) is 20.2. The van der Waals surface area contributed by atoms with E-state index in [0.717, 1.165) is 29.6 Å². The summed E-state index contributed by atoms with van der Waals surface area (Å²) in [4.78, 5) is 30.4. The number of aromatic amines is 1. The molecule has 4 heterocycles. The number of fused-ring (bicyclic) bond motifs is 2. The highest BCUT2D eigenvalue weighted by atomic mass is 35.5. The van der Waals surface area contributed by atoms with Crippen molar-refractivity contribution >= 4 is 51.1 Å². The van der Waals surface area contributed by atoms with E-state index in [1.54, 1.807) is 19.2 Å². The number of hydrogen-bond donors (Lipinski definition) is 1. The lowest BCUT2D eigenvalue weighted by Gasteiger charge is -2.45. The second-order valence-electron chi connectivity index (χ2n) is 11.4. The van der Waals surface area contributed by atoms with Crippen LogP contribution >= 0.6 is 11.6 Å². The van der Waals surface area contributed by atoms with E-state index in [1.165, 1.54) is 0 Å². The first-order chi connectivity index (χ1) is 19.0. The number of carbonyl (C=O) groups is 1. The Balaban J connectivity index is 1.55. The molecule has 0 unspecified atom stereocenters. The van der Waals surface area contributed by atoms with Gasteiger partial charge in [0.15, 0.2) is 5.82 Å². The lowest BCUT2D eigenvalue weighted by molar-refractivity contribution is -0.131. The lowest BCUT2D eigenvalue weighted by Crippen LogP contribution is -2.59. The first-order valence-corrected chi connectivity index (χ1v) is 14.0. The largest absolute Gasteiger partial charge is 0.349 e. The molecule has 0 radical (unpaired) electrons. The maximum absolute atomic E-state index is 16.8. The van der Waals surface area contributed by atoms with E-state index in [0.29, 0.717) is 52.4 Å². The van der Waals surface area contributed by atoms with E-state index in [-0.39, 0.29) is 23.5 Å². The number of nitrogens with zero attached hydrogens (tertiary/aromatic N) is 7. The number of aryl methyl sites for hydroxylation is 1. The van der Waals surface area contributed by atoms with Gasteiger partial charge < -0.3 is 19.6 Å². The Morgan fingerprint density at radius 2 is 1.82 bits per heavy atom. The Hall–Kier alpha value is -3.50. The zero-order valence-electron chi connectivity index (χ0n) is 23.7. The number of aromatic nitrogens is 4. The van der Waals surface area contributed by atoms with Crippen LogP contribution in [-0.2, 0) is 4.79 Å². The summed E-state index contributed by atoms with van der Waals surface area (Å²) in [7, 11) is 4.11. The minimum Gasteiger partial charge on any atom is -0.349 e. The molecule has 2 saturated heterocycles. The van der Waals surface area contributed by atoms with Crippen molar-refractivity contribution in [2.24, 2.45) is 0 Å². The molecule has 2 aliphatic rings. The van der Waals surface area contributed by atoms with Gasteiger partial charge in [-0.15, -0.1) is 0 Å². The lowest BCUT2D eigenvalue weighted by atomic mass is 9.95. The minimum atomic E-state index is -0.475. The number of H-pyrrole nitrogens is 1. The van der Waals surface area contributed by atoms with Gasteiger partial charge in [0.05, 0.1) is 16.7 Å². The third kappa shape index (κ3) is 4.25. The van der Waals surface area contributed by atoms with Gasteiger partial charge in [-0.1, -0.05) is 17.7 Å². The summed E-state index contributed by atoms with van der Waals surface area (Å²) in [5.41, 5.74) is 2.95. The fraction of sp³-hybridized carbons (Fsp3) is 0.448. The van der Waals surface area contributed by atoms with Crippen LogP contribution in [0, 0.1) is 12.7 Å². The van der Waals surface area contributed by atoms with Crippen LogP contribution in [0.2, 0.25) is 5.02 Å². The van der Waals surface area contributed by atoms with Crippen LogP contribution in [0.5, 0.6) is 0 Å². The van der Waals surface area contributed by atoms with Crippen LogP contribution in [0.4, 0.5) is 16.2 Å². The Morgan fingerprint density at radius 3 is 2.52 bits per heavy atom. The molecule has 1 amide bonds. The highest BCUT2D eigenvalue weighted by molar-refractivity contribution is 6.35. The van der Waals surface area contributed by atoms with Gasteiger partial charge in [-0.3, -0.25) is 9.89 Å². The molecule has 0 bridgehead atoms. The average Bonchev–Trinajstić information content (AvgIpc) is 3.34. The summed E-state index contributed by atoms with van der Waals surface area (Å²) in [5.74, 6) is 0.711. The van der Waals surface area contributed by atoms with E-state index in [2.05, 4.69) is 45.9 Å². The molecule has 2 atom stereocenters. The molecule has 1 N–H and O–H groups in total. The summed E-state index contributed by atoms with van der Waals surface area (Å²) >= 11 is 6.90. The SMILES string of the molecule is CC(=O)N1C[C@H](C)N(c2nc(N3CC(N(C)C)C3)nc3c(F)c(-c4c(C)ccc5[nH]ncc45)c(Cl)cc23)C[C@H]1C. The second-order valence-corrected chi connectivity index (χ2v) is 11.8. The highest BCUT2D eigenvalue weighted by Gasteiger charge is 2.36. The number of likely N-dealkylation sites (N-methyl/N-ethyl adjacent to an activating group) is 1. The summed E-state index contributed by atoms with van der Waals surface area (Å²) in [6.45, 7) is 10.3. The van der Waals surface area contributed by atoms with Crippen molar-refractivity contribution in [3.05, 3.63) is 40.8 Å². The van der Waals surface area contributed by atoms with E-state index in [1.807, 2.05) is 30.9 Å². The number of amides is 1. The zero-order valence-corrected chi connectivity index (χ0v) is 24.4. The van der Waals surface area contributed by atoms with Crippen molar-refractivity contribution in [3.8, 4) is 11.1 Å². The van der Waals surface area contributed by atoms with Gasteiger partial charge in [0.2, 0.25) is 11.9 Å². The van der Waals surface area contributed by atoms with Gasteiger partial charge in [0, 0.05) is 73.1 Å².